The van der Waals surface area contributed by atoms with Crippen LogP contribution >= 0.6 is 0 Å². The van der Waals surface area contributed by atoms with Crippen LogP contribution in [0.1, 0.15) is 11.6 Å². The zero-order chi connectivity index (χ0) is 14.4. The number of ether oxygens (including phenoxy) is 2. The first kappa shape index (κ1) is 15.3. The molecule has 6 nitrogen and oxygen atoms in total. The van der Waals surface area contributed by atoms with E-state index >= 15 is 0 Å². The van der Waals surface area contributed by atoms with Gasteiger partial charge in [-0.1, -0.05) is 12.1 Å². The van der Waals surface area contributed by atoms with E-state index in [2.05, 4.69) is 0 Å². The molecule has 0 saturated carbocycles. The second-order valence-electron chi connectivity index (χ2n) is 4.35. The molecule has 0 aromatic heterocycles. The molecule has 19 heavy (non-hydrogen) atoms. The van der Waals surface area contributed by atoms with Gasteiger partial charge in [-0.3, -0.25) is 4.79 Å². The van der Waals surface area contributed by atoms with E-state index in [1.165, 1.54) is 7.11 Å². The molecule has 0 radical (unpaired) electrons. The van der Waals surface area contributed by atoms with Crippen LogP contribution in [-0.2, 0) is 4.79 Å². The van der Waals surface area contributed by atoms with Gasteiger partial charge in [-0.15, -0.1) is 0 Å². The van der Waals surface area contributed by atoms with Gasteiger partial charge in [0.05, 0.1) is 7.11 Å². The summed E-state index contributed by atoms with van der Waals surface area (Å²) in [6, 6.07) is 3.90. The van der Waals surface area contributed by atoms with Crippen molar-refractivity contribution >= 4 is 5.97 Å². The zero-order valence-electron chi connectivity index (χ0n) is 11.4. The highest BCUT2D eigenvalue weighted by molar-refractivity contribution is 5.77. The molecular weight excluding hydrogens is 248 g/mol. The quantitative estimate of drug-likeness (QED) is 0.758. The maximum atomic E-state index is 11.0. The lowest BCUT2D eigenvalue weighted by Gasteiger charge is -2.18. The highest BCUT2D eigenvalue weighted by Gasteiger charge is 2.21. The molecular formula is C13H20N2O4. The summed E-state index contributed by atoms with van der Waals surface area (Å²) in [5.41, 5.74) is 6.06. The molecule has 0 aliphatic rings. The van der Waals surface area contributed by atoms with E-state index in [9.17, 15) is 4.79 Å². The SMILES string of the molecule is COc1cccc([C@H](N)C(=O)O)c1OCCN(C)C. The van der Waals surface area contributed by atoms with E-state index in [0.29, 0.717) is 30.2 Å². The second kappa shape index (κ2) is 6.96. The van der Waals surface area contributed by atoms with Crippen molar-refractivity contribution in [3.8, 4) is 11.5 Å². The second-order valence-corrected chi connectivity index (χ2v) is 4.35. The molecule has 1 aromatic rings. The van der Waals surface area contributed by atoms with Crippen LogP contribution in [0.2, 0.25) is 0 Å². The van der Waals surface area contributed by atoms with Gasteiger partial charge in [-0.25, -0.2) is 0 Å². The summed E-state index contributed by atoms with van der Waals surface area (Å²) in [5, 5.41) is 9.01. The van der Waals surface area contributed by atoms with Crippen LogP contribution in [0.4, 0.5) is 0 Å². The lowest BCUT2D eigenvalue weighted by Crippen LogP contribution is -2.23. The molecule has 0 amide bonds. The number of para-hydroxylation sites is 1. The van der Waals surface area contributed by atoms with Crippen molar-refractivity contribution in [3.63, 3.8) is 0 Å². The van der Waals surface area contributed by atoms with Crippen LogP contribution in [-0.4, -0.2) is 50.3 Å². The van der Waals surface area contributed by atoms with Gasteiger partial charge in [0.1, 0.15) is 12.6 Å². The summed E-state index contributed by atoms with van der Waals surface area (Å²) < 4.78 is 10.8. The van der Waals surface area contributed by atoms with E-state index in [1.54, 1.807) is 18.2 Å². The predicted molar refractivity (Wildman–Crippen MR) is 71.6 cm³/mol. The lowest BCUT2D eigenvalue weighted by atomic mass is 10.1. The molecule has 6 heteroatoms. The van der Waals surface area contributed by atoms with Gasteiger partial charge in [0, 0.05) is 12.1 Å². The Morgan fingerprint density at radius 1 is 1.47 bits per heavy atom. The Morgan fingerprint density at radius 2 is 2.16 bits per heavy atom. The first-order chi connectivity index (χ1) is 8.97. The average Bonchev–Trinajstić information content (AvgIpc) is 2.37. The number of hydrogen-bond acceptors (Lipinski definition) is 5. The molecule has 0 heterocycles. The fraction of sp³-hybridized carbons (Fsp3) is 0.462. The topological polar surface area (TPSA) is 85.0 Å². The number of hydrogen-bond donors (Lipinski definition) is 2. The summed E-state index contributed by atoms with van der Waals surface area (Å²) in [5.74, 6) is -0.236. The Hall–Kier alpha value is -1.79. The average molecular weight is 268 g/mol. The van der Waals surface area contributed by atoms with Crippen LogP contribution in [0.15, 0.2) is 18.2 Å². The molecule has 0 aliphatic carbocycles. The molecule has 106 valence electrons. The molecule has 0 saturated heterocycles. The van der Waals surface area contributed by atoms with Gasteiger partial charge in [0.25, 0.3) is 0 Å². The first-order valence-corrected chi connectivity index (χ1v) is 5.90. The highest BCUT2D eigenvalue weighted by atomic mass is 16.5. The Bertz CT molecular complexity index is 435. The molecule has 0 spiro atoms. The predicted octanol–water partition coefficient (Wildman–Crippen LogP) is 0.720. The number of methoxy groups -OCH3 is 1. The van der Waals surface area contributed by atoms with E-state index in [4.69, 9.17) is 20.3 Å². The van der Waals surface area contributed by atoms with Gasteiger partial charge in [0.15, 0.2) is 11.5 Å². The third-order valence-corrected chi connectivity index (χ3v) is 2.62. The monoisotopic (exact) mass is 268 g/mol. The third-order valence-electron chi connectivity index (χ3n) is 2.62. The summed E-state index contributed by atoms with van der Waals surface area (Å²) in [7, 11) is 5.36. The fourth-order valence-electron chi connectivity index (χ4n) is 1.56. The van der Waals surface area contributed by atoms with E-state index in [1.807, 2.05) is 19.0 Å². The minimum absolute atomic E-state index is 0.391. The van der Waals surface area contributed by atoms with E-state index in [-0.39, 0.29) is 0 Å². The van der Waals surface area contributed by atoms with Gasteiger partial charge < -0.3 is 25.2 Å². The normalized spacial score (nSPS) is 12.3. The zero-order valence-corrected chi connectivity index (χ0v) is 11.4. The summed E-state index contributed by atoms with van der Waals surface area (Å²) >= 11 is 0. The molecule has 0 unspecified atom stereocenters. The maximum Gasteiger partial charge on any atom is 0.325 e. The highest BCUT2D eigenvalue weighted by Crippen LogP contribution is 2.34. The number of carboxylic acids is 1. The van der Waals surface area contributed by atoms with Crippen LogP contribution in [0.3, 0.4) is 0 Å². The minimum atomic E-state index is -1.13. The summed E-state index contributed by atoms with van der Waals surface area (Å²) in [6.07, 6.45) is 0. The maximum absolute atomic E-state index is 11.0. The van der Waals surface area contributed by atoms with Crippen molar-refractivity contribution in [3.05, 3.63) is 23.8 Å². The Morgan fingerprint density at radius 3 is 2.68 bits per heavy atom. The van der Waals surface area contributed by atoms with Gasteiger partial charge in [-0.2, -0.15) is 0 Å². The number of likely N-dealkylation sites (N-methyl/N-ethyl adjacent to an activating group) is 1. The van der Waals surface area contributed by atoms with Crippen LogP contribution in [0.5, 0.6) is 11.5 Å². The summed E-state index contributed by atoms with van der Waals surface area (Å²) in [6.45, 7) is 1.13. The Labute approximate surface area is 112 Å². The summed E-state index contributed by atoms with van der Waals surface area (Å²) in [4.78, 5) is 13.0. The molecule has 0 bridgehead atoms. The molecule has 1 atom stereocenters. The van der Waals surface area contributed by atoms with Gasteiger partial charge in [-0.05, 0) is 20.2 Å². The smallest absolute Gasteiger partial charge is 0.325 e. The van der Waals surface area contributed by atoms with Crippen molar-refractivity contribution in [1.29, 1.82) is 0 Å². The number of carboxylic acid groups (broad SMARTS) is 1. The number of nitrogens with zero attached hydrogens (tertiary/aromatic N) is 1. The van der Waals surface area contributed by atoms with Crippen molar-refractivity contribution in [2.75, 3.05) is 34.4 Å². The Balaban J connectivity index is 2.99. The number of rotatable bonds is 7. The van der Waals surface area contributed by atoms with Crippen molar-refractivity contribution in [2.45, 2.75) is 6.04 Å². The van der Waals surface area contributed by atoms with E-state index in [0.717, 1.165) is 0 Å². The van der Waals surface area contributed by atoms with Gasteiger partial charge in [0.2, 0.25) is 0 Å². The fourth-order valence-corrected chi connectivity index (χ4v) is 1.56. The van der Waals surface area contributed by atoms with Gasteiger partial charge >= 0.3 is 5.97 Å². The molecule has 0 aliphatic heterocycles. The third kappa shape index (κ3) is 4.11. The van der Waals surface area contributed by atoms with Crippen LogP contribution in [0, 0.1) is 0 Å². The largest absolute Gasteiger partial charge is 0.493 e. The minimum Gasteiger partial charge on any atom is -0.493 e. The molecule has 1 rings (SSSR count). The lowest BCUT2D eigenvalue weighted by molar-refractivity contribution is -0.138. The standard InChI is InChI=1S/C13H20N2O4/c1-15(2)7-8-19-12-9(11(14)13(16)17)5-4-6-10(12)18-3/h4-6,11H,7-8,14H2,1-3H3,(H,16,17)/t11-/m0/s1. The molecule has 0 fully saturated rings. The number of nitrogens with two attached hydrogens (primary N) is 1. The Kier molecular flexibility index (Phi) is 5.59. The van der Waals surface area contributed by atoms with Crippen LogP contribution in [0.25, 0.3) is 0 Å². The van der Waals surface area contributed by atoms with Crippen molar-refractivity contribution in [1.82, 2.24) is 4.90 Å². The molecule has 1 aromatic carbocycles. The number of carbonyl (C=O) groups is 1. The number of aliphatic carboxylic acids is 1. The first-order valence-electron chi connectivity index (χ1n) is 5.90. The number of benzene rings is 1. The molecule has 3 N–H and O–H groups in total. The van der Waals surface area contributed by atoms with Crippen molar-refractivity contribution < 1.29 is 19.4 Å². The van der Waals surface area contributed by atoms with Crippen LogP contribution < -0.4 is 15.2 Å². The van der Waals surface area contributed by atoms with Crippen molar-refractivity contribution in [2.24, 2.45) is 5.73 Å². The van der Waals surface area contributed by atoms with E-state index < -0.39 is 12.0 Å².